The van der Waals surface area contributed by atoms with E-state index in [4.69, 9.17) is 10.9 Å². The van der Waals surface area contributed by atoms with Crippen molar-refractivity contribution in [3.05, 3.63) is 17.0 Å². The topological polar surface area (TPSA) is 26.0 Å². The Morgan fingerprint density at radius 3 is 2.55 bits per heavy atom. The lowest BCUT2D eigenvalue weighted by Gasteiger charge is -2.00. The molecule has 0 amide bonds. The lowest BCUT2D eigenvalue weighted by Crippen LogP contribution is -1.92. The summed E-state index contributed by atoms with van der Waals surface area (Å²) in [5.41, 5.74) is 1.94. The molecule has 11 heavy (non-hydrogen) atoms. The molecule has 1 atom stereocenters. The first kappa shape index (κ1) is 7.87. The smallest absolute Gasteiger partial charge is 0.138 e. The van der Waals surface area contributed by atoms with Crippen molar-refractivity contribution in [3.63, 3.8) is 0 Å². The average molecular weight is 149 g/mol. The second kappa shape index (κ2) is 2.79. The zero-order chi connectivity index (χ0) is 8.43. The fourth-order valence-corrected chi connectivity index (χ4v) is 1.19. The molecule has 0 aromatic carbocycles. The summed E-state index contributed by atoms with van der Waals surface area (Å²) >= 11 is 0. The molecule has 0 spiro atoms. The predicted octanol–water partition coefficient (Wildman–Crippen LogP) is 2.03. The van der Waals surface area contributed by atoms with E-state index in [1.54, 1.807) is 0 Å². The molecule has 1 heterocycles. The summed E-state index contributed by atoms with van der Waals surface area (Å²) < 4.78 is 4.97. The molecule has 0 aliphatic heterocycles. The minimum absolute atomic E-state index is 0.0984. The van der Waals surface area contributed by atoms with Crippen molar-refractivity contribution in [3.8, 4) is 12.3 Å². The Balaban J connectivity index is 3.12. The zero-order valence-electron chi connectivity index (χ0n) is 7.01. The van der Waals surface area contributed by atoms with Gasteiger partial charge >= 0.3 is 0 Å². The van der Waals surface area contributed by atoms with Crippen molar-refractivity contribution >= 4 is 0 Å². The van der Waals surface area contributed by atoms with Gasteiger partial charge in [0.1, 0.15) is 5.76 Å². The van der Waals surface area contributed by atoms with Crippen LogP contribution >= 0.6 is 0 Å². The molecule has 0 radical (unpaired) electrons. The van der Waals surface area contributed by atoms with Crippen LogP contribution in [-0.4, -0.2) is 5.16 Å². The molecule has 58 valence electrons. The van der Waals surface area contributed by atoms with E-state index in [0.717, 1.165) is 17.0 Å². The van der Waals surface area contributed by atoms with Gasteiger partial charge in [-0.15, -0.1) is 6.42 Å². The summed E-state index contributed by atoms with van der Waals surface area (Å²) in [6.45, 7) is 5.75. The summed E-state index contributed by atoms with van der Waals surface area (Å²) in [4.78, 5) is 0. The standard InChI is InChI=1S/C9H11NO/c1-5-6(2)9-7(3)10-11-8(9)4/h1,6H,2-4H3. The molecule has 2 heteroatoms. The highest BCUT2D eigenvalue weighted by Gasteiger charge is 2.13. The van der Waals surface area contributed by atoms with Crippen LogP contribution in [0.25, 0.3) is 0 Å². The average Bonchev–Trinajstić information content (AvgIpc) is 2.30. The molecular weight excluding hydrogens is 138 g/mol. The van der Waals surface area contributed by atoms with Crippen LogP contribution in [0.5, 0.6) is 0 Å². The lowest BCUT2D eigenvalue weighted by molar-refractivity contribution is 0.392. The molecule has 1 aromatic rings. The normalized spacial score (nSPS) is 12.5. The first-order valence-corrected chi connectivity index (χ1v) is 3.55. The Morgan fingerprint density at radius 2 is 2.18 bits per heavy atom. The fourth-order valence-electron chi connectivity index (χ4n) is 1.19. The number of nitrogens with zero attached hydrogens (tertiary/aromatic N) is 1. The summed E-state index contributed by atoms with van der Waals surface area (Å²) in [6.07, 6.45) is 5.28. The molecule has 1 unspecified atom stereocenters. The van der Waals surface area contributed by atoms with Gasteiger partial charge in [-0.05, 0) is 20.8 Å². The van der Waals surface area contributed by atoms with Crippen LogP contribution in [0, 0.1) is 26.2 Å². The molecule has 0 N–H and O–H groups in total. The van der Waals surface area contributed by atoms with E-state index in [2.05, 4.69) is 11.1 Å². The molecule has 2 nitrogen and oxygen atoms in total. The van der Waals surface area contributed by atoms with Gasteiger partial charge < -0.3 is 4.52 Å². The highest BCUT2D eigenvalue weighted by atomic mass is 16.5. The molecule has 0 fully saturated rings. The van der Waals surface area contributed by atoms with Crippen molar-refractivity contribution in [2.45, 2.75) is 26.7 Å². The Labute approximate surface area is 66.6 Å². The van der Waals surface area contributed by atoms with Crippen LogP contribution < -0.4 is 0 Å². The van der Waals surface area contributed by atoms with Crippen LogP contribution in [0.1, 0.15) is 29.9 Å². The van der Waals surface area contributed by atoms with Gasteiger partial charge in [-0.1, -0.05) is 11.1 Å². The highest BCUT2D eigenvalue weighted by Crippen LogP contribution is 2.21. The van der Waals surface area contributed by atoms with E-state index in [9.17, 15) is 0 Å². The van der Waals surface area contributed by atoms with Gasteiger partial charge in [0.05, 0.1) is 5.69 Å². The van der Waals surface area contributed by atoms with E-state index in [1.165, 1.54) is 0 Å². The molecule has 0 saturated carbocycles. The van der Waals surface area contributed by atoms with Gasteiger partial charge in [0.25, 0.3) is 0 Å². The maximum Gasteiger partial charge on any atom is 0.138 e. The van der Waals surface area contributed by atoms with Crippen LogP contribution in [0.4, 0.5) is 0 Å². The Hall–Kier alpha value is -1.23. The number of hydrogen-bond acceptors (Lipinski definition) is 2. The Kier molecular flexibility index (Phi) is 2.00. The van der Waals surface area contributed by atoms with Crippen LogP contribution in [0.2, 0.25) is 0 Å². The van der Waals surface area contributed by atoms with E-state index >= 15 is 0 Å². The largest absolute Gasteiger partial charge is 0.361 e. The maximum atomic E-state index is 5.28. The van der Waals surface area contributed by atoms with E-state index < -0.39 is 0 Å². The van der Waals surface area contributed by atoms with Gasteiger partial charge in [0, 0.05) is 11.5 Å². The molecule has 0 aliphatic carbocycles. The third kappa shape index (κ3) is 1.27. The van der Waals surface area contributed by atoms with Gasteiger partial charge in [0.2, 0.25) is 0 Å². The Morgan fingerprint density at radius 1 is 1.55 bits per heavy atom. The molecule has 0 bridgehead atoms. The third-order valence-corrected chi connectivity index (χ3v) is 1.77. The minimum atomic E-state index is 0.0984. The number of terminal acetylenes is 1. The molecule has 1 rings (SSSR count). The summed E-state index contributed by atoms with van der Waals surface area (Å²) in [5, 5.41) is 3.81. The second-order valence-corrected chi connectivity index (χ2v) is 2.63. The van der Waals surface area contributed by atoms with Gasteiger partial charge in [-0.2, -0.15) is 0 Å². The number of aromatic nitrogens is 1. The SMILES string of the molecule is C#CC(C)c1c(C)noc1C. The first-order valence-electron chi connectivity index (χ1n) is 3.55. The van der Waals surface area contributed by atoms with Crippen LogP contribution in [0.15, 0.2) is 4.52 Å². The second-order valence-electron chi connectivity index (χ2n) is 2.63. The van der Waals surface area contributed by atoms with E-state index in [1.807, 2.05) is 20.8 Å². The summed E-state index contributed by atoms with van der Waals surface area (Å²) in [5.74, 6) is 3.57. The number of aryl methyl sites for hydroxylation is 2. The van der Waals surface area contributed by atoms with Crippen molar-refractivity contribution in [2.75, 3.05) is 0 Å². The summed E-state index contributed by atoms with van der Waals surface area (Å²) in [7, 11) is 0. The molecule has 0 aliphatic rings. The molecule has 1 aromatic heterocycles. The van der Waals surface area contributed by atoms with Crippen LogP contribution in [-0.2, 0) is 0 Å². The Bertz CT molecular complexity index is 274. The fraction of sp³-hybridized carbons (Fsp3) is 0.444. The highest BCUT2D eigenvalue weighted by molar-refractivity contribution is 5.30. The predicted molar refractivity (Wildman–Crippen MR) is 43.2 cm³/mol. The zero-order valence-corrected chi connectivity index (χ0v) is 7.01. The number of rotatable bonds is 1. The summed E-state index contributed by atoms with van der Waals surface area (Å²) in [6, 6.07) is 0. The molecular formula is C9H11NO. The monoisotopic (exact) mass is 149 g/mol. The molecule has 0 saturated heterocycles. The lowest BCUT2D eigenvalue weighted by atomic mass is 10.0. The first-order chi connectivity index (χ1) is 5.16. The van der Waals surface area contributed by atoms with E-state index in [0.29, 0.717) is 0 Å². The van der Waals surface area contributed by atoms with Crippen molar-refractivity contribution in [1.29, 1.82) is 0 Å². The van der Waals surface area contributed by atoms with E-state index in [-0.39, 0.29) is 5.92 Å². The van der Waals surface area contributed by atoms with Gasteiger partial charge in [-0.25, -0.2) is 0 Å². The van der Waals surface area contributed by atoms with Crippen molar-refractivity contribution in [1.82, 2.24) is 5.16 Å². The van der Waals surface area contributed by atoms with Crippen LogP contribution in [0.3, 0.4) is 0 Å². The maximum absolute atomic E-state index is 5.28. The van der Waals surface area contributed by atoms with Crippen molar-refractivity contribution < 1.29 is 4.52 Å². The van der Waals surface area contributed by atoms with Crippen molar-refractivity contribution in [2.24, 2.45) is 0 Å². The quantitative estimate of drug-likeness (QED) is 0.571. The third-order valence-electron chi connectivity index (χ3n) is 1.77. The minimum Gasteiger partial charge on any atom is -0.361 e. The number of hydrogen-bond donors (Lipinski definition) is 0. The van der Waals surface area contributed by atoms with Gasteiger partial charge in [-0.3, -0.25) is 0 Å². The van der Waals surface area contributed by atoms with Gasteiger partial charge in [0.15, 0.2) is 0 Å².